The number of rotatable bonds is 1. The third kappa shape index (κ3) is 2.16. The van der Waals surface area contributed by atoms with E-state index in [4.69, 9.17) is 9.39 Å². The van der Waals surface area contributed by atoms with Gasteiger partial charge in [0, 0.05) is 0 Å². The molecule has 15 heavy (non-hydrogen) atoms. The summed E-state index contributed by atoms with van der Waals surface area (Å²) in [6, 6.07) is 5.00. The molecule has 5 nitrogen and oxygen atoms in total. The average Bonchev–Trinajstić information content (AvgIpc) is 2.60. The summed E-state index contributed by atoms with van der Waals surface area (Å²) in [5.74, 6) is 0.373. The summed E-state index contributed by atoms with van der Waals surface area (Å²) in [7, 11) is -0.928. The fraction of sp³-hybridized carbons (Fsp3) is 0.125. The first kappa shape index (κ1) is 10.5. The first-order valence-corrected chi connectivity index (χ1v) is 4.89. The van der Waals surface area contributed by atoms with E-state index in [0.717, 1.165) is 5.56 Å². The van der Waals surface area contributed by atoms with Crippen molar-refractivity contribution in [2.45, 2.75) is 6.61 Å². The lowest BCUT2D eigenvalue weighted by molar-refractivity contribution is 0.207. The van der Waals surface area contributed by atoms with E-state index < -0.39 is 13.2 Å². The summed E-state index contributed by atoms with van der Waals surface area (Å²) < 4.78 is 12.2. The Morgan fingerprint density at radius 3 is 3.20 bits per heavy atom. The van der Waals surface area contributed by atoms with Crippen LogP contribution in [0.25, 0.3) is 0 Å². The molecule has 7 heteroatoms. The van der Waals surface area contributed by atoms with Gasteiger partial charge < -0.3 is 18.7 Å². The van der Waals surface area contributed by atoms with E-state index in [1.165, 1.54) is 0 Å². The molecule has 0 aliphatic carbocycles. The Bertz CT molecular complexity index is 400. The average molecular weight is 219 g/mol. The number of carbonyl (C=O) groups is 1. The van der Waals surface area contributed by atoms with Crippen molar-refractivity contribution in [1.82, 2.24) is 4.30 Å². The summed E-state index contributed by atoms with van der Waals surface area (Å²) in [5.41, 5.74) is 1.55. The second kappa shape index (κ2) is 4.25. The Morgan fingerprint density at radius 1 is 1.67 bits per heavy atom. The molecule has 0 atom stereocenters. The Labute approximate surface area is 95.2 Å². The van der Waals surface area contributed by atoms with Crippen molar-refractivity contribution < 1.29 is 19.2 Å². The number of carbonyl (C=O) groups excluding carboxylic acids is 1. The molecule has 0 saturated heterocycles. The zero-order valence-electron chi connectivity index (χ0n) is 7.77. The Hall–Kier alpha value is -0.993. The molecule has 0 unspecified atom stereocenters. The fourth-order valence-electron chi connectivity index (χ4n) is 1.39. The first-order chi connectivity index (χ1) is 7.20. The minimum atomic E-state index is -0.928. The van der Waals surface area contributed by atoms with Crippen LogP contribution < -0.4 is 14.5 Å². The van der Waals surface area contributed by atoms with Crippen molar-refractivity contribution in [1.29, 1.82) is 0 Å². The van der Waals surface area contributed by atoms with Crippen LogP contribution in [-0.4, -0.2) is 34.7 Å². The first-order valence-electron chi connectivity index (χ1n) is 4.31. The van der Waals surface area contributed by atoms with Crippen LogP contribution in [0.2, 0.25) is 0 Å². The maximum absolute atomic E-state index is 10.9. The zero-order chi connectivity index (χ0) is 10.8. The lowest BCUT2D eigenvalue weighted by Gasteiger charge is -2.05. The number of hydrogen-bond acceptors (Lipinski definition) is 4. The Kier molecular flexibility index (Phi) is 2.98. The van der Waals surface area contributed by atoms with Crippen LogP contribution in [0.5, 0.6) is 5.75 Å². The van der Waals surface area contributed by atoms with E-state index in [-0.39, 0.29) is 0 Å². The van der Waals surface area contributed by atoms with Crippen LogP contribution in [0.3, 0.4) is 0 Å². The van der Waals surface area contributed by atoms with E-state index in [9.17, 15) is 9.82 Å². The van der Waals surface area contributed by atoms with Gasteiger partial charge in [0.2, 0.25) is 0 Å². The molecule has 2 radical (unpaired) electrons. The van der Waals surface area contributed by atoms with Crippen molar-refractivity contribution in [3.05, 3.63) is 23.8 Å². The summed E-state index contributed by atoms with van der Waals surface area (Å²) in [6.07, 6.45) is -0.576. The minimum Gasteiger partial charge on any atom is -0.430 e. The lowest BCUT2D eigenvalue weighted by atomic mass is 9.79. The molecular weight excluding hydrogens is 212 g/mol. The maximum atomic E-state index is 10.9. The zero-order valence-corrected chi connectivity index (χ0v) is 8.92. The van der Waals surface area contributed by atoms with Gasteiger partial charge in [-0.05, 0) is 23.2 Å². The van der Waals surface area contributed by atoms with E-state index in [0.29, 0.717) is 17.8 Å². The molecule has 0 spiro atoms. The Balaban J connectivity index is 2.21. The minimum absolute atomic E-state index is 0.373. The third-order valence-corrected chi connectivity index (χ3v) is 2.34. The highest BCUT2D eigenvalue weighted by Crippen LogP contribution is 2.16. The maximum Gasteiger partial charge on any atom is 0.491 e. The molecule has 2 N–H and O–H groups in total. The smallest absolute Gasteiger partial charge is 0.430 e. The third-order valence-electron chi connectivity index (χ3n) is 2.11. The van der Waals surface area contributed by atoms with Crippen LogP contribution in [0.4, 0.5) is 4.79 Å². The van der Waals surface area contributed by atoms with Crippen LogP contribution in [0.15, 0.2) is 18.2 Å². The number of hydrogen-bond donors (Lipinski definition) is 2. The second-order valence-corrected chi connectivity index (χ2v) is 3.35. The van der Waals surface area contributed by atoms with Crippen molar-refractivity contribution in [3.63, 3.8) is 0 Å². The highest BCUT2D eigenvalue weighted by molar-refractivity contribution is 6.61. The van der Waals surface area contributed by atoms with E-state index in [1.807, 2.05) is 16.5 Å². The second-order valence-electron chi connectivity index (χ2n) is 3.06. The van der Waals surface area contributed by atoms with E-state index in [1.54, 1.807) is 18.2 Å². The van der Waals surface area contributed by atoms with Crippen molar-refractivity contribution >= 4 is 35.2 Å². The van der Waals surface area contributed by atoms with Gasteiger partial charge in [-0.3, -0.25) is 0 Å². The van der Waals surface area contributed by atoms with Crippen molar-refractivity contribution in [3.8, 4) is 5.75 Å². The summed E-state index contributed by atoms with van der Waals surface area (Å²) in [4.78, 5) is 10.9. The molecule has 1 aliphatic rings. The van der Waals surface area contributed by atoms with Crippen LogP contribution in [-0.2, 0) is 11.3 Å². The summed E-state index contributed by atoms with van der Waals surface area (Å²) in [5, 5.41) is 9.41. The molecule has 1 aliphatic heterocycles. The predicted molar refractivity (Wildman–Crippen MR) is 53.8 cm³/mol. The molecule has 1 aromatic rings. The molecule has 0 bridgehead atoms. The lowest BCUT2D eigenvalue weighted by Crippen LogP contribution is -2.29. The fourth-order valence-corrected chi connectivity index (χ4v) is 1.45. The molecule has 1 aromatic carbocycles. The molecule has 1 amide bonds. The molecule has 0 fully saturated rings. The van der Waals surface area contributed by atoms with Crippen LogP contribution in [0, 0.1) is 0 Å². The van der Waals surface area contributed by atoms with Gasteiger partial charge in [-0.2, -0.15) is 0 Å². The quantitative estimate of drug-likeness (QED) is 0.599. The van der Waals surface area contributed by atoms with Gasteiger partial charge in [0.25, 0.3) is 0 Å². The monoisotopic (exact) mass is 219 g/mol. The summed E-state index contributed by atoms with van der Waals surface area (Å²) in [6.45, 7) is 0.382. The van der Waals surface area contributed by atoms with Crippen molar-refractivity contribution in [2.24, 2.45) is 0 Å². The molecule has 74 valence electrons. The molecule has 0 aromatic heterocycles. The summed E-state index contributed by atoms with van der Waals surface area (Å²) >= 11 is 2.04. The van der Waals surface area contributed by atoms with Crippen molar-refractivity contribution in [2.75, 3.05) is 0 Å². The molecule has 0 saturated carbocycles. The highest BCUT2D eigenvalue weighted by Gasteiger charge is 2.27. The van der Waals surface area contributed by atoms with Gasteiger partial charge in [0.05, 0.1) is 6.61 Å². The number of amides is 1. The number of fused-ring (bicyclic) bond motifs is 1. The SMILES string of the molecule is O=C([NH][Al])Oc1ccc2c(c1)B(O)OC2. The largest absolute Gasteiger partial charge is 0.491 e. The molecule has 2 rings (SSSR count). The highest BCUT2D eigenvalue weighted by atomic mass is 27.1. The van der Waals surface area contributed by atoms with Gasteiger partial charge in [0.15, 0.2) is 0 Å². The van der Waals surface area contributed by atoms with Gasteiger partial charge in [-0.15, -0.1) is 0 Å². The van der Waals surface area contributed by atoms with E-state index in [2.05, 4.69) is 4.30 Å². The van der Waals surface area contributed by atoms with Gasteiger partial charge in [-0.25, -0.2) is 4.79 Å². The van der Waals surface area contributed by atoms with E-state index >= 15 is 0 Å². The van der Waals surface area contributed by atoms with Crippen LogP contribution >= 0.6 is 0 Å². The standard InChI is InChI=1S/C8H8BNO4.Al/c10-8(11)14-6-2-1-5-4-13-9(12)7(5)3-6;/h1-3,12H,4H2,(H2,10,11);/q;+1/p-1. The van der Waals surface area contributed by atoms with Gasteiger partial charge in [0.1, 0.15) is 5.75 Å². The predicted octanol–water partition coefficient (Wildman–Crippen LogP) is -0.924. The number of nitrogens with one attached hydrogen (secondary N) is 1. The molecular formula is C8H7AlBNO4. The Morgan fingerprint density at radius 2 is 2.47 bits per heavy atom. The van der Waals surface area contributed by atoms with Gasteiger partial charge in [-0.1, -0.05) is 6.07 Å². The van der Waals surface area contributed by atoms with Gasteiger partial charge >= 0.3 is 29.7 Å². The topological polar surface area (TPSA) is 67.8 Å². The number of benzene rings is 1. The van der Waals surface area contributed by atoms with Crippen LogP contribution in [0.1, 0.15) is 5.56 Å². The number of ether oxygens (including phenoxy) is 1. The normalized spacial score (nSPS) is 13.5. The molecule has 1 heterocycles.